The molecule has 1 aliphatic heterocycles. The molecule has 0 spiro atoms. The Morgan fingerprint density at radius 3 is 3.25 bits per heavy atom. The zero-order chi connectivity index (χ0) is 11.0. The van der Waals surface area contributed by atoms with Gasteiger partial charge in [-0.15, -0.1) is 16.4 Å². The quantitative estimate of drug-likeness (QED) is 0.862. The highest BCUT2D eigenvalue weighted by Gasteiger charge is 2.22. The largest absolute Gasteiger partial charge is 0.328 e. The minimum atomic E-state index is 0.338. The Bertz CT molecular complexity index is 474. The van der Waals surface area contributed by atoms with Crippen molar-refractivity contribution < 1.29 is 0 Å². The fraction of sp³-hybridized carbons (Fsp3) is 0.455. The summed E-state index contributed by atoms with van der Waals surface area (Å²) in [4.78, 5) is 5.73. The van der Waals surface area contributed by atoms with Gasteiger partial charge in [-0.2, -0.15) is 0 Å². The average Bonchev–Trinajstić information content (AvgIpc) is 2.96. The van der Waals surface area contributed by atoms with Gasteiger partial charge >= 0.3 is 0 Å². The van der Waals surface area contributed by atoms with Crippen molar-refractivity contribution in [2.75, 3.05) is 6.54 Å². The van der Waals surface area contributed by atoms with E-state index in [2.05, 4.69) is 21.5 Å². The van der Waals surface area contributed by atoms with E-state index in [1.165, 1.54) is 6.42 Å². The molecular weight excluding hydrogens is 220 g/mol. The summed E-state index contributed by atoms with van der Waals surface area (Å²) in [5.74, 6) is 1.94. The van der Waals surface area contributed by atoms with Gasteiger partial charge in [-0.3, -0.25) is 0 Å². The molecule has 1 unspecified atom stereocenters. The number of nitrogens with two attached hydrogens (primary N) is 1. The molecule has 0 aliphatic carbocycles. The summed E-state index contributed by atoms with van der Waals surface area (Å²) < 4.78 is 2.03. The molecule has 3 heterocycles. The van der Waals surface area contributed by atoms with Gasteiger partial charge < -0.3 is 5.73 Å². The maximum atomic E-state index is 5.76. The summed E-state index contributed by atoms with van der Waals surface area (Å²) in [6.07, 6.45) is 3.32. The molecule has 2 N–H and O–H groups in total. The molecule has 0 saturated carbocycles. The summed E-state index contributed by atoms with van der Waals surface area (Å²) in [6.45, 7) is 0.653. The van der Waals surface area contributed by atoms with E-state index in [0.29, 0.717) is 12.6 Å². The Labute approximate surface area is 98.1 Å². The third kappa shape index (κ3) is 1.56. The predicted octanol–water partition coefficient (Wildman–Crippen LogP) is 1.84. The lowest BCUT2D eigenvalue weighted by Gasteiger charge is -2.21. The first kappa shape index (κ1) is 9.99. The fourth-order valence-corrected chi connectivity index (χ4v) is 2.82. The molecule has 0 aromatic carbocycles. The van der Waals surface area contributed by atoms with Gasteiger partial charge in [0, 0.05) is 13.0 Å². The summed E-state index contributed by atoms with van der Waals surface area (Å²) in [5.41, 5.74) is 5.76. The van der Waals surface area contributed by atoms with Crippen LogP contribution in [0.3, 0.4) is 0 Å². The van der Waals surface area contributed by atoms with Crippen molar-refractivity contribution in [3.05, 3.63) is 23.3 Å². The van der Waals surface area contributed by atoms with Gasteiger partial charge in [-0.05, 0) is 24.3 Å². The second-order valence-electron chi connectivity index (χ2n) is 4.06. The Hall–Kier alpha value is -1.20. The molecular formula is C11H14N4S. The molecule has 2 aromatic rings. The van der Waals surface area contributed by atoms with Crippen LogP contribution in [0.15, 0.2) is 17.5 Å². The number of aromatic nitrogens is 3. The van der Waals surface area contributed by atoms with Gasteiger partial charge in [0.1, 0.15) is 5.82 Å². The number of rotatable bonds is 2. The van der Waals surface area contributed by atoms with E-state index < -0.39 is 0 Å². The van der Waals surface area contributed by atoms with Crippen molar-refractivity contribution in [3.8, 4) is 10.7 Å². The van der Waals surface area contributed by atoms with Crippen LogP contribution in [0.5, 0.6) is 0 Å². The number of aryl methyl sites for hydroxylation is 1. The van der Waals surface area contributed by atoms with Crippen LogP contribution >= 0.6 is 11.3 Å². The molecule has 4 nitrogen and oxygen atoms in total. The van der Waals surface area contributed by atoms with E-state index in [1.54, 1.807) is 11.3 Å². The SMILES string of the molecule is NCC1CCCc2nc(-c3cccs3)nn21. The maximum absolute atomic E-state index is 5.76. The highest BCUT2D eigenvalue weighted by atomic mass is 32.1. The zero-order valence-electron chi connectivity index (χ0n) is 8.97. The number of thiophene rings is 1. The van der Waals surface area contributed by atoms with Crippen LogP contribution < -0.4 is 5.73 Å². The maximum Gasteiger partial charge on any atom is 0.191 e. The van der Waals surface area contributed by atoms with Crippen molar-refractivity contribution in [2.45, 2.75) is 25.3 Å². The molecule has 0 radical (unpaired) electrons. The van der Waals surface area contributed by atoms with E-state index >= 15 is 0 Å². The summed E-state index contributed by atoms with van der Waals surface area (Å²) in [7, 11) is 0. The van der Waals surface area contributed by atoms with Crippen molar-refractivity contribution in [3.63, 3.8) is 0 Å². The van der Waals surface area contributed by atoms with Gasteiger partial charge in [-0.1, -0.05) is 6.07 Å². The molecule has 0 bridgehead atoms. The van der Waals surface area contributed by atoms with Gasteiger partial charge in [0.2, 0.25) is 0 Å². The highest BCUT2D eigenvalue weighted by molar-refractivity contribution is 7.13. The zero-order valence-corrected chi connectivity index (χ0v) is 9.78. The number of hydrogen-bond donors (Lipinski definition) is 1. The van der Waals surface area contributed by atoms with Gasteiger partial charge in [-0.25, -0.2) is 9.67 Å². The Kier molecular flexibility index (Phi) is 2.49. The lowest BCUT2D eigenvalue weighted by atomic mass is 10.1. The molecule has 16 heavy (non-hydrogen) atoms. The third-order valence-corrected chi connectivity index (χ3v) is 3.86. The van der Waals surface area contributed by atoms with Crippen LogP contribution in [0.4, 0.5) is 0 Å². The summed E-state index contributed by atoms with van der Waals surface area (Å²) >= 11 is 1.68. The molecule has 2 aromatic heterocycles. The molecule has 0 amide bonds. The first-order valence-corrected chi connectivity index (χ1v) is 6.46. The molecule has 84 valence electrons. The van der Waals surface area contributed by atoms with Crippen molar-refractivity contribution in [1.29, 1.82) is 0 Å². The predicted molar refractivity (Wildman–Crippen MR) is 64.4 cm³/mol. The third-order valence-electron chi connectivity index (χ3n) is 3.00. The van der Waals surface area contributed by atoms with Gasteiger partial charge in [0.15, 0.2) is 5.82 Å². The standard InChI is InChI=1S/C11H14N4S/c12-7-8-3-1-5-10-13-11(14-15(8)10)9-4-2-6-16-9/h2,4,6,8H,1,3,5,7,12H2. The first-order chi connectivity index (χ1) is 7.88. The van der Waals surface area contributed by atoms with Crippen LogP contribution in [-0.4, -0.2) is 21.3 Å². The normalized spacial score (nSPS) is 19.7. The Balaban J connectivity index is 2.02. The number of fused-ring (bicyclic) bond motifs is 1. The molecule has 5 heteroatoms. The summed E-state index contributed by atoms with van der Waals surface area (Å²) in [6, 6.07) is 4.43. The monoisotopic (exact) mass is 234 g/mol. The minimum Gasteiger partial charge on any atom is -0.328 e. The van der Waals surface area contributed by atoms with Gasteiger partial charge in [0.25, 0.3) is 0 Å². The second kappa shape index (κ2) is 3.99. The smallest absolute Gasteiger partial charge is 0.191 e. The van der Waals surface area contributed by atoms with Gasteiger partial charge in [0.05, 0.1) is 10.9 Å². The van der Waals surface area contributed by atoms with Crippen LogP contribution in [-0.2, 0) is 6.42 Å². The number of hydrogen-bond acceptors (Lipinski definition) is 4. The van der Waals surface area contributed by atoms with E-state index in [9.17, 15) is 0 Å². The van der Waals surface area contributed by atoms with E-state index in [-0.39, 0.29) is 0 Å². The average molecular weight is 234 g/mol. The topological polar surface area (TPSA) is 56.7 Å². The minimum absolute atomic E-state index is 0.338. The number of nitrogens with zero attached hydrogens (tertiary/aromatic N) is 3. The van der Waals surface area contributed by atoms with Crippen LogP contribution in [0, 0.1) is 0 Å². The van der Waals surface area contributed by atoms with E-state index in [1.807, 2.05) is 10.7 Å². The lowest BCUT2D eigenvalue weighted by Crippen LogP contribution is -2.25. The molecule has 0 fully saturated rings. The molecule has 3 rings (SSSR count). The van der Waals surface area contributed by atoms with Crippen molar-refractivity contribution in [1.82, 2.24) is 14.8 Å². The molecule has 1 atom stereocenters. The first-order valence-electron chi connectivity index (χ1n) is 5.58. The fourth-order valence-electron chi connectivity index (χ4n) is 2.16. The van der Waals surface area contributed by atoms with Crippen LogP contribution in [0.1, 0.15) is 24.7 Å². The lowest BCUT2D eigenvalue weighted by molar-refractivity contribution is 0.370. The Morgan fingerprint density at radius 1 is 1.56 bits per heavy atom. The second-order valence-corrected chi connectivity index (χ2v) is 5.00. The molecule has 1 aliphatic rings. The van der Waals surface area contributed by atoms with E-state index in [0.717, 1.165) is 29.4 Å². The van der Waals surface area contributed by atoms with Crippen molar-refractivity contribution >= 4 is 11.3 Å². The van der Waals surface area contributed by atoms with Crippen molar-refractivity contribution in [2.24, 2.45) is 5.73 Å². The van der Waals surface area contributed by atoms with Crippen LogP contribution in [0.2, 0.25) is 0 Å². The van der Waals surface area contributed by atoms with E-state index in [4.69, 9.17) is 5.73 Å². The van der Waals surface area contributed by atoms with Crippen LogP contribution in [0.25, 0.3) is 10.7 Å². The Morgan fingerprint density at radius 2 is 2.50 bits per heavy atom. The molecule has 0 saturated heterocycles. The highest BCUT2D eigenvalue weighted by Crippen LogP contribution is 2.27. The summed E-state index contributed by atoms with van der Waals surface area (Å²) in [5, 5.41) is 6.63.